The van der Waals surface area contributed by atoms with E-state index in [1.54, 1.807) is 17.7 Å². The van der Waals surface area contributed by atoms with Crippen molar-refractivity contribution in [2.24, 2.45) is 0 Å². The van der Waals surface area contributed by atoms with Crippen molar-refractivity contribution in [1.82, 2.24) is 9.55 Å². The first-order chi connectivity index (χ1) is 13.7. The van der Waals surface area contributed by atoms with Crippen molar-refractivity contribution in [1.29, 1.82) is 0 Å². The monoisotopic (exact) mass is 438 g/mol. The van der Waals surface area contributed by atoms with Gasteiger partial charge in [0, 0.05) is 17.3 Å². The van der Waals surface area contributed by atoms with E-state index in [1.807, 2.05) is 26.0 Å². The minimum absolute atomic E-state index is 0.0731. The lowest BCUT2D eigenvalue weighted by Crippen LogP contribution is -2.21. The molecule has 0 saturated carbocycles. The first kappa shape index (κ1) is 20.5. The van der Waals surface area contributed by atoms with Crippen molar-refractivity contribution in [2.75, 3.05) is 6.61 Å². The van der Waals surface area contributed by atoms with Gasteiger partial charge in [0.25, 0.3) is 5.56 Å². The average Bonchev–Trinajstić information content (AvgIpc) is 3.13. The Morgan fingerprint density at radius 3 is 2.86 bits per heavy atom. The second-order valence-electron chi connectivity index (χ2n) is 7.45. The van der Waals surface area contributed by atoms with Crippen LogP contribution in [-0.2, 0) is 25.0 Å². The number of hydrogen-bond acceptors (Lipinski definition) is 7. The third-order valence-electron chi connectivity index (χ3n) is 5.04. The van der Waals surface area contributed by atoms with Crippen LogP contribution in [0, 0.1) is 25.5 Å². The Morgan fingerprint density at radius 1 is 1.28 bits per heavy atom. The smallest absolute Gasteiger partial charge is 0.403 e. The van der Waals surface area contributed by atoms with Crippen molar-refractivity contribution in [3.8, 4) is 5.75 Å². The SMILES string of the molecule is Cc1cc(C)c2c(c1)COP(=O)(OCC1CCC(n3cc(C)c(=O)[nH]c3=S)O1)O2. The molecule has 3 atom stereocenters. The molecule has 2 aromatic rings. The highest BCUT2D eigenvalue weighted by atomic mass is 32.1. The number of phosphoric ester groups is 1. The van der Waals surface area contributed by atoms with E-state index in [1.165, 1.54) is 0 Å². The lowest BCUT2D eigenvalue weighted by atomic mass is 10.1. The first-order valence-corrected chi connectivity index (χ1v) is 11.3. The van der Waals surface area contributed by atoms with Gasteiger partial charge in [-0.3, -0.25) is 23.4 Å². The highest BCUT2D eigenvalue weighted by molar-refractivity contribution is 7.71. The molecule has 156 valence electrons. The van der Waals surface area contributed by atoms with Gasteiger partial charge in [0.05, 0.1) is 19.3 Å². The summed E-state index contributed by atoms with van der Waals surface area (Å²) in [5, 5.41) is 0. The van der Waals surface area contributed by atoms with E-state index in [4.69, 9.17) is 30.5 Å². The topological polar surface area (TPSA) is 91.8 Å². The molecule has 1 aromatic carbocycles. The Hall–Kier alpha value is -1.77. The van der Waals surface area contributed by atoms with Crippen LogP contribution in [0.3, 0.4) is 0 Å². The summed E-state index contributed by atoms with van der Waals surface area (Å²) in [4.78, 5) is 14.3. The summed E-state index contributed by atoms with van der Waals surface area (Å²) in [5.74, 6) is 0.561. The quantitative estimate of drug-likeness (QED) is 0.564. The Morgan fingerprint density at radius 2 is 2.07 bits per heavy atom. The summed E-state index contributed by atoms with van der Waals surface area (Å²) in [7, 11) is -3.71. The fourth-order valence-electron chi connectivity index (χ4n) is 3.62. The normalized spacial score (nSPS) is 26.2. The lowest BCUT2D eigenvalue weighted by molar-refractivity contribution is -0.0256. The van der Waals surface area contributed by atoms with Gasteiger partial charge in [-0.1, -0.05) is 17.7 Å². The number of rotatable bonds is 4. The van der Waals surface area contributed by atoms with Crippen LogP contribution in [-0.4, -0.2) is 22.3 Å². The number of hydrogen-bond donors (Lipinski definition) is 1. The summed E-state index contributed by atoms with van der Waals surface area (Å²) in [6, 6.07) is 3.92. The number of aromatic nitrogens is 2. The van der Waals surface area contributed by atoms with Crippen LogP contribution in [0.25, 0.3) is 0 Å². The summed E-state index contributed by atoms with van der Waals surface area (Å²) in [5.41, 5.74) is 3.19. The minimum Gasteiger partial charge on any atom is -0.403 e. The Bertz CT molecular complexity index is 1110. The minimum atomic E-state index is -3.71. The number of H-pyrrole nitrogens is 1. The molecule has 1 aromatic heterocycles. The van der Waals surface area contributed by atoms with Gasteiger partial charge in [0.15, 0.2) is 4.77 Å². The van der Waals surface area contributed by atoms with Crippen LogP contribution in [0.4, 0.5) is 0 Å². The second-order valence-corrected chi connectivity index (χ2v) is 9.43. The van der Waals surface area contributed by atoms with E-state index in [0.717, 1.165) is 16.7 Å². The molecule has 4 rings (SSSR count). The Balaban J connectivity index is 1.40. The molecule has 0 aliphatic carbocycles. The molecule has 1 fully saturated rings. The van der Waals surface area contributed by atoms with Gasteiger partial charge in [-0.2, -0.15) is 0 Å². The summed E-state index contributed by atoms with van der Waals surface area (Å²) < 4.78 is 37.5. The molecule has 3 heterocycles. The third kappa shape index (κ3) is 4.25. The number of fused-ring (bicyclic) bond motifs is 1. The molecule has 0 spiro atoms. The lowest BCUT2D eigenvalue weighted by Gasteiger charge is -2.27. The third-order valence-corrected chi connectivity index (χ3v) is 6.67. The van der Waals surface area contributed by atoms with Crippen LogP contribution < -0.4 is 10.1 Å². The molecule has 1 saturated heterocycles. The van der Waals surface area contributed by atoms with E-state index >= 15 is 0 Å². The molecular formula is C19H23N2O6PS. The zero-order chi connectivity index (χ0) is 20.8. The van der Waals surface area contributed by atoms with Gasteiger partial charge in [0.2, 0.25) is 0 Å². The van der Waals surface area contributed by atoms with Crippen LogP contribution in [0.15, 0.2) is 23.1 Å². The molecule has 10 heteroatoms. The molecule has 0 amide bonds. The van der Waals surface area contributed by atoms with Crippen molar-refractivity contribution >= 4 is 20.0 Å². The number of aromatic amines is 1. The van der Waals surface area contributed by atoms with E-state index in [-0.39, 0.29) is 31.1 Å². The first-order valence-electron chi connectivity index (χ1n) is 9.40. The number of nitrogens with one attached hydrogen (secondary N) is 1. The number of aryl methyl sites for hydroxylation is 3. The molecule has 0 radical (unpaired) electrons. The molecule has 0 bridgehead atoms. The highest BCUT2D eigenvalue weighted by Gasteiger charge is 2.37. The highest BCUT2D eigenvalue weighted by Crippen LogP contribution is 2.55. The van der Waals surface area contributed by atoms with Gasteiger partial charge in [-0.25, -0.2) is 4.57 Å². The molecule has 3 unspecified atom stereocenters. The van der Waals surface area contributed by atoms with Crippen LogP contribution >= 0.6 is 20.0 Å². The fraction of sp³-hybridized carbons (Fsp3) is 0.474. The summed E-state index contributed by atoms with van der Waals surface area (Å²) >= 11 is 5.23. The van der Waals surface area contributed by atoms with Crippen LogP contribution in [0.1, 0.15) is 41.3 Å². The van der Waals surface area contributed by atoms with E-state index in [9.17, 15) is 9.36 Å². The predicted octanol–water partition coefficient (Wildman–Crippen LogP) is 4.24. The van der Waals surface area contributed by atoms with Gasteiger partial charge >= 0.3 is 7.82 Å². The predicted molar refractivity (Wildman–Crippen MR) is 109 cm³/mol. The zero-order valence-corrected chi connectivity index (χ0v) is 18.2. The largest absolute Gasteiger partial charge is 0.530 e. The Kier molecular flexibility index (Phi) is 5.52. The van der Waals surface area contributed by atoms with E-state index < -0.39 is 7.82 Å². The standard InChI is InChI=1S/C19H23N2O6PS/c1-11-6-12(2)17-14(7-11)9-24-28(23,27-17)25-10-15-4-5-16(26-15)21-8-13(3)18(22)20-19(21)29/h6-8,15-16H,4-5,9-10H2,1-3H3,(H,20,22,29). The molecule has 29 heavy (non-hydrogen) atoms. The molecule has 1 N–H and O–H groups in total. The van der Waals surface area contributed by atoms with Gasteiger partial charge in [-0.05, 0) is 51.4 Å². The van der Waals surface area contributed by atoms with E-state index in [2.05, 4.69) is 4.98 Å². The van der Waals surface area contributed by atoms with Crippen molar-refractivity contribution in [2.45, 2.75) is 52.6 Å². The van der Waals surface area contributed by atoms with E-state index in [0.29, 0.717) is 28.9 Å². The van der Waals surface area contributed by atoms with Gasteiger partial charge < -0.3 is 9.26 Å². The van der Waals surface area contributed by atoms with Crippen LogP contribution in [0.5, 0.6) is 5.75 Å². The number of nitrogens with zero attached hydrogens (tertiary/aromatic N) is 1. The fourth-order valence-corrected chi connectivity index (χ4v) is 5.19. The maximum atomic E-state index is 12.9. The van der Waals surface area contributed by atoms with Crippen molar-refractivity contribution in [3.05, 3.63) is 55.7 Å². The molecule has 8 nitrogen and oxygen atoms in total. The maximum absolute atomic E-state index is 12.9. The maximum Gasteiger partial charge on any atom is 0.530 e. The molecular weight excluding hydrogens is 415 g/mol. The zero-order valence-electron chi connectivity index (χ0n) is 16.5. The van der Waals surface area contributed by atoms with Crippen LogP contribution in [0.2, 0.25) is 0 Å². The average molecular weight is 438 g/mol. The summed E-state index contributed by atoms with van der Waals surface area (Å²) in [6.07, 6.45) is 2.48. The van der Waals surface area contributed by atoms with Gasteiger partial charge in [-0.15, -0.1) is 0 Å². The number of benzene rings is 1. The van der Waals surface area contributed by atoms with Gasteiger partial charge in [0.1, 0.15) is 12.0 Å². The molecule has 2 aliphatic rings. The second kappa shape index (κ2) is 7.81. The number of phosphoric acid groups is 1. The number of ether oxygens (including phenoxy) is 1. The summed E-state index contributed by atoms with van der Waals surface area (Å²) in [6.45, 7) is 5.85. The van der Waals surface area contributed by atoms with Crippen molar-refractivity contribution < 1.29 is 22.9 Å². The van der Waals surface area contributed by atoms with Crippen molar-refractivity contribution in [3.63, 3.8) is 0 Å². The Labute approximate surface area is 173 Å². The molecule has 2 aliphatic heterocycles.